The molecule has 0 bridgehead atoms. The van der Waals surface area contributed by atoms with Gasteiger partial charge in [0, 0.05) is 12.3 Å². The van der Waals surface area contributed by atoms with Crippen LogP contribution in [-0.4, -0.2) is 5.78 Å². The van der Waals surface area contributed by atoms with E-state index in [2.05, 4.69) is 20.8 Å². The van der Waals surface area contributed by atoms with Crippen LogP contribution in [0.1, 0.15) is 27.2 Å². The van der Waals surface area contributed by atoms with Crippen LogP contribution in [-0.2, 0) is 4.79 Å². The van der Waals surface area contributed by atoms with Crippen molar-refractivity contribution in [3.8, 4) is 0 Å². The molecule has 1 rings (SSSR count). The van der Waals surface area contributed by atoms with Crippen LogP contribution >= 0.6 is 0 Å². The van der Waals surface area contributed by atoms with E-state index in [0.717, 1.165) is 6.42 Å². The van der Waals surface area contributed by atoms with Crippen LogP contribution in [0.25, 0.3) is 0 Å². The van der Waals surface area contributed by atoms with E-state index in [9.17, 15) is 4.79 Å². The van der Waals surface area contributed by atoms with E-state index in [0.29, 0.717) is 11.7 Å². The average Bonchev–Trinajstić information content (AvgIpc) is 2.13. The molecule has 0 amide bonds. The highest BCUT2D eigenvalue weighted by Gasteiger charge is 2.43. The number of carbonyl (C=O) groups is 1. The van der Waals surface area contributed by atoms with Gasteiger partial charge >= 0.3 is 0 Å². The van der Waals surface area contributed by atoms with E-state index in [1.165, 1.54) is 0 Å². The standard InChI is InChI=1S/C7H12O/c1-7(2,3)5-4-6(5)8/h5H,4H2,1-3H3. The molecule has 0 heterocycles. The Balaban J connectivity index is 2.51. The molecule has 1 aliphatic carbocycles. The normalized spacial score (nSPS) is 28.4. The molecule has 0 N–H and O–H groups in total. The second kappa shape index (κ2) is 1.34. The lowest BCUT2D eigenvalue weighted by molar-refractivity contribution is -0.112. The number of Topliss-reactive ketones (excluding diaryl/α,β-unsaturated/α-hetero) is 1. The summed E-state index contributed by atoms with van der Waals surface area (Å²) < 4.78 is 0. The van der Waals surface area contributed by atoms with Gasteiger partial charge in [0.1, 0.15) is 5.78 Å². The Morgan fingerprint density at radius 2 is 1.88 bits per heavy atom. The van der Waals surface area contributed by atoms with Crippen LogP contribution in [0.5, 0.6) is 0 Å². The van der Waals surface area contributed by atoms with Gasteiger partial charge in [-0.2, -0.15) is 0 Å². The van der Waals surface area contributed by atoms with Crippen molar-refractivity contribution in [1.29, 1.82) is 0 Å². The summed E-state index contributed by atoms with van der Waals surface area (Å²) in [6, 6.07) is 0. The number of hydrogen-bond donors (Lipinski definition) is 0. The Bertz CT molecular complexity index is 119. The second-order valence-corrected chi connectivity index (χ2v) is 3.59. The lowest BCUT2D eigenvalue weighted by atomic mass is 9.90. The van der Waals surface area contributed by atoms with E-state index in [-0.39, 0.29) is 5.41 Å². The van der Waals surface area contributed by atoms with Crippen LogP contribution in [0.15, 0.2) is 0 Å². The fourth-order valence-electron chi connectivity index (χ4n) is 0.931. The molecule has 1 atom stereocenters. The first kappa shape index (κ1) is 5.80. The smallest absolute Gasteiger partial charge is 0.137 e. The maximum atomic E-state index is 10.5. The van der Waals surface area contributed by atoms with Crippen molar-refractivity contribution in [2.24, 2.45) is 11.3 Å². The molecule has 8 heavy (non-hydrogen) atoms. The van der Waals surface area contributed by atoms with Crippen molar-refractivity contribution in [1.82, 2.24) is 0 Å². The van der Waals surface area contributed by atoms with Gasteiger partial charge in [-0.3, -0.25) is 4.79 Å². The van der Waals surface area contributed by atoms with Crippen molar-refractivity contribution >= 4 is 5.78 Å². The molecule has 46 valence electrons. The number of ketones is 1. The Labute approximate surface area is 50.1 Å². The third kappa shape index (κ3) is 0.908. The minimum atomic E-state index is 0.233. The van der Waals surface area contributed by atoms with E-state index in [1.54, 1.807) is 0 Å². The number of hydrogen-bond acceptors (Lipinski definition) is 1. The molecule has 0 aromatic heterocycles. The summed E-state index contributed by atoms with van der Waals surface area (Å²) in [6.07, 6.45) is 0.823. The summed E-state index contributed by atoms with van der Waals surface area (Å²) in [5.74, 6) is 0.819. The van der Waals surface area contributed by atoms with Gasteiger partial charge in [0.25, 0.3) is 0 Å². The third-order valence-corrected chi connectivity index (χ3v) is 1.68. The molecule has 1 saturated carbocycles. The quantitative estimate of drug-likeness (QED) is 0.465. The van der Waals surface area contributed by atoms with Crippen molar-refractivity contribution in [3.05, 3.63) is 0 Å². The predicted molar refractivity (Wildman–Crippen MR) is 32.6 cm³/mol. The van der Waals surface area contributed by atoms with E-state index >= 15 is 0 Å². The minimum Gasteiger partial charge on any atom is -0.299 e. The van der Waals surface area contributed by atoms with E-state index in [4.69, 9.17) is 0 Å². The summed E-state index contributed by atoms with van der Waals surface area (Å²) >= 11 is 0. The Kier molecular flexibility index (Phi) is 0.969. The number of rotatable bonds is 0. The molecule has 1 aliphatic rings. The fraction of sp³-hybridized carbons (Fsp3) is 0.857. The Morgan fingerprint density at radius 1 is 1.50 bits per heavy atom. The van der Waals surface area contributed by atoms with Crippen LogP contribution in [0.4, 0.5) is 0 Å². The van der Waals surface area contributed by atoms with Crippen molar-refractivity contribution in [2.75, 3.05) is 0 Å². The van der Waals surface area contributed by atoms with Crippen LogP contribution in [0.2, 0.25) is 0 Å². The maximum Gasteiger partial charge on any atom is 0.137 e. The van der Waals surface area contributed by atoms with Gasteiger partial charge in [-0.1, -0.05) is 20.8 Å². The second-order valence-electron chi connectivity index (χ2n) is 3.59. The molecule has 0 spiro atoms. The molecular formula is C7H12O. The van der Waals surface area contributed by atoms with Crippen molar-refractivity contribution < 1.29 is 4.79 Å². The number of carbonyl (C=O) groups excluding carboxylic acids is 1. The van der Waals surface area contributed by atoms with Gasteiger partial charge in [-0.05, 0) is 5.41 Å². The molecule has 0 aromatic carbocycles. The summed E-state index contributed by atoms with van der Waals surface area (Å²) in [6.45, 7) is 6.34. The zero-order valence-corrected chi connectivity index (χ0v) is 5.69. The minimum absolute atomic E-state index is 0.233. The predicted octanol–water partition coefficient (Wildman–Crippen LogP) is 1.62. The molecule has 0 saturated heterocycles. The Hall–Kier alpha value is -0.330. The van der Waals surface area contributed by atoms with Gasteiger partial charge in [0.15, 0.2) is 0 Å². The zero-order chi connectivity index (χ0) is 6.36. The fourth-order valence-corrected chi connectivity index (χ4v) is 0.931. The van der Waals surface area contributed by atoms with E-state index in [1.807, 2.05) is 0 Å². The average molecular weight is 112 g/mol. The highest BCUT2D eigenvalue weighted by Crippen LogP contribution is 2.40. The van der Waals surface area contributed by atoms with Gasteiger partial charge < -0.3 is 0 Å². The van der Waals surface area contributed by atoms with Gasteiger partial charge in [-0.25, -0.2) is 0 Å². The van der Waals surface area contributed by atoms with Crippen LogP contribution < -0.4 is 0 Å². The zero-order valence-electron chi connectivity index (χ0n) is 5.69. The topological polar surface area (TPSA) is 17.1 Å². The SMILES string of the molecule is CC(C)(C)C1CC1=O. The lowest BCUT2D eigenvalue weighted by Gasteiger charge is -2.13. The Morgan fingerprint density at radius 3 is 1.88 bits per heavy atom. The molecule has 1 unspecified atom stereocenters. The first-order valence-corrected chi connectivity index (χ1v) is 3.04. The van der Waals surface area contributed by atoms with E-state index < -0.39 is 0 Å². The highest BCUT2D eigenvalue weighted by atomic mass is 16.1. The maximum absolute atomic E-state index is 10.5. The lowest BCUT2D eigenvalue weighted by Crippen LogP contribution is -2.08. The highest BCUT2D eigenvalue weighted by molar-refractivity contribution is 5.96. The molecule has 0 aromatic rings. The summed E-state index contributed by atoms with van der Waals surface area (Å²) in [5, 5.41) is 0. The van der Waals surface area contributed by atoms with Gasteiger partial charge in [0.2, 0.25) is 0 Å². The van der Waals surface area contributed by atoms with Crippen molar-refractivity contribution in [3.63, 3.8) is 0 Å². The first-order chi connectivity index (χ1) is 3.52. The van der Waals surface area contributed by atoms with Crippen molar-refractivity contribution in [2.45, 2.75) is 27.2 Å². The van der Waals surface area contributed by atoms with Gasteiger partial charge in [0.05, 0.1) is 0 Å². The monoisotopic (exact) mass is 112 g/mol. The van der Waals surface area contributed by atoms with Gasteiger partial charge in [-0.15, -0.1) is 0 Å². The summed E-state index contributed by atoms with van der Waals surface area (Å²) in [7, 11) is 0. The summed E-state index contributed by atoms with van der Waals surface area (Å²) in [5.41, 5.74) is 0.233. The third-order valence-electron chi connectivity index (χ3n) is 1.68. The molecule has 1 nitrogen and oxygen atoms in total. The van der Waals surface area contributed by atoms with Crippen LogP contribution in [0.3, 0.4) is 0 Å². The summed E-state index contributed by atoms with van der Waals surface area (Å²) in [4.78, 5) is 10.5. The molecule has 0 radical (unpaired) electrons. The first-order valence-electron chi connectivity index (χ1n) is 3.04. The molecule has 1 heteroatoms. The molecule has 0 aliphatic heterocycles. The molecular weight excluding hydrogens is 100 g/mol. The van der Waals surface area contributed by atoms with Crippen LogP contribution in [0, 0.1) is 11.3 Å². The largest absolute Gasteiger partial charge is 0.299 e. The molecule has 1 fully saturated rings.